The van der Waals surface area contributed by atoms with Gasteiger partial charge in [0.25, 0.3) is 5.89 Å². The van der Waals surface area contributed by atoms with Crippen molar-refractivity contribution in [2.24, 2.45) is 0 Å². The van der Waals surface area contributed by atoms with Gasteiger partial charge in [0.05, 0.1) is 40.6 Å². The number of hydrogen-bond acceptors (Lipinski definition) is 7. The molecule has 0 bridgehead atoms. The number of hydrogen-bond donors (Lipinski definition) is 1. The Kier molecular flexibility index (Phi) is 5.06. The molecule has 16 heteroatoms. The molecule has 11 nitrogen and oxygen atoms in total. The lowest BCUT2D eigenvalue weighted by Crippen LogP contribution is -2.41. The molecule has 0 aliphatic carbocycles. The van der Waals surface area contributed by atoms with Crippen molar-refractivity contribution in [1.82, 2.24) is 44.5 Å². The summed E-state index contributed by atoms with van der Waals surface area (Å²) in [5.41, 5.74) is 0.279. The van der Waals surface area contributed by atoms with Crippen LogP contribution in [0.5, 0.6) is 0 Å². The van der Waals surface area contributed by atoms with E-state index in [1.54, 1.807) is 0 Å². The maximum Gasteiger partial charge on any atom is 0.418 e. The summed E-state index contributed by atoms with van der Waals surface area (Å²) >= 11 is 0. The fourth-order valence-corrected chi connectivity index (χ4v) is 4.31. The smallest absolute Gasteiger partial charge is 0.412 e. The number of pyridine rings is 1. The average Bonchev–Trinajstić information content (AvgIpc) is 3.66. The average molecular weight is 519 g/mol. The highest BCUT2D eigenvalue weighted by Crippen LogP contribution is 2.37. The Morgan fingerprint density at radius 2 is 2.08 bits per heavy atom. The molecule has 5 aromatic rings. The van der Waals surface area contributed by atoms with Gasteiger partial charge in [-0.25, -0.2) is 14.2 Å². The van der Waals surface area contributed by atoms with Gasteiger partial charge in [0.1, 0.15) is 6.04 Å². The van der Waals surface area contributed by atoms with E-state index in [0.717, 1.165) is 23.0 Å². The second-order valence-electron chi connectivity index (χ2n) is 8.14. The Morgan fingerprint density at radius 3 is 2.84 bits per heavy atom. The van der Waals surface area contributed by atoms with E-state index < -0.39 is 36.1 Å². The lowest BCUT2D eigenvalue weighted by atomic mass is 9.99. The molecule has 0 spiro atoms. The third-order valence-electron chi connectivity index (χ3n) is 5.95. The SMILES string of the molecule is O=C(c1nnc(-c2cnn(C(F)F)c2)o1)N1CCc2[nH]cnc2C1c1cc2c(C(F)(F)F)cccn2n1. The first kappa shape index (κ1) is 22.8. The number of halogens is 5. The number of H-pyrrole nitrogens is 1. The minimum atomic E-state index is -4.61. The van der Waals surface area contributed by atoms with Crippen LogP contribution in [0.25, 0.3) is 17.0 Å². The first-order valence-corrected chi connectivity index (χ1v) is 10.8. The van der Waals surface area contributed by atoms with Gasteiger partial charge < -0.3 is 14.3 Å². The highest BCUT2D eigenvalue weighted by Gasteiger charge is 2.39. The van der Waals surface area contributed by atoms with Crippen molar-refractivity contribution in [3.8, 4) is 11.5 Å². The number of imidazole rings is 1. The van der Waals surface area contributed by atoms with Crippen molar-refractivity contribution in [2.45, 2.75) is 25.2 Å². The summed E-state index contributed by atoms with van der Waals surface area (Å²) in [5, 5.41) is 15.3. The minimum absolute atomic E-state index is 0.0802. The van der Waals surface area contributed by atoms with E-state index in [0.29, 0.717) is 22.5 Å². The summed E-state index contributed by atoms with van der Waals surface area (Å²) in [5.74, 6) is -1.37. The van der Waals surface area contributed by atoms with Crippen LogP contribution in [-0.4, -0.2) is 56.9 Å². The third-order valence-corrected chi connectivity index (χ3v) is 5.95. The first-order valence-electron chi connectivity index (χ1n) is 10.8. The summed E-state index contributed by atoms with van der Waals surface area (Å²) in [6.07, 6.45) is 0.633. The van der Waals surface area contributed by atoms with Crippen LogP contribution in [0.15, 0.2) is 47.5 Å². The Morgan fingerprint density at radius 1 is 1.24 bits per heavy atom. The van der Waals surface area contributed by atoms with Crippen molar-refractivity contribution in [2.75, 3.05) is 6.54 Å². The Bertz CT molecular complexity index is 1620. The molecule has 1 amide bonds. The van der Waals surface area contributed by atoms with Crippen LogP contribution < -0.4 is 0 Å². The van der Waals surface area contributed by atoms with Gasteiger partial charge in [-0.15, -0.1) is 10.2 Å². The molecule has 1 aliphatic rings. The van der Waals surface area contributed by atoms with Gasteiger partial charge in [0.2, 0.25) is 0 Å². The van der Waals surface area contributed by atoms with Crippen LogP contribution in [0, 0.1) is 0 Å². The summed E-state index contributed by atoms with van der Waals surface area (Å²) in [6.45, 7) is -2.74. The van der Waals surface area contributed by atoms with Gasteiger partial charge in [0, 0.05) is 31.1 Å². The molecule has 1 unspecified atom stereocenters. The molecule has 0 saturated heterocycles. The molecule has 0 saturated carbocycles. The Labute approximate surface area is 202 Å². The molecule has 190 valence electrons. The Hall–Kier alpha value is -4.63. The van der Waals surface area contributed by atoms with E-state index >= 15 is 0 Å². The van der Waals surface area contributed by atoms with Gasteiger partial charge in [0.15, 0.2) is 0 Å². The molecule has 5 aromatic heterocycles. The van der Waals surface area contributed by atoms with E-state index in [4.69, 9.17) is 4.42 Å². The predicted molar refractivity (Wildman–Crippen MR) is 112 cm³/mol. The number of nitrogens with zero attached hydrogens (tertiary/aromatic N) is 8. The van der Waals surface area contributed by atoms with Crippen LogP contribution in [0.3, 0.4) is 0 Å². The standard InChI is InChI=1S/C21H14F5N9O2/c22-20(23)35-8-10(7-29-35)17-30-31-18(37-17)19(36)33-5-3-12-15(28-9-27-12)16(33)13-6-14-11(21(24,25)26)2-1-4-34(14)32-13/h1-2,4,6-9,16,20H,3,5H2,(H,27,28). The molecule has 1 N–H and O–H groups in total. The molecule has 6 heterocycles. The fourth-order valence-electron chi connectivity index (χ4n) is 4.31. The third kappa shape index (κ3) is 3.80. The normalized spacial score (nSPS) is 16.1. The number of alkyl halides is 5. The zero-order valence-corrected chi connectivity index (χ0v) is 18.4. The molecule has 1 atom stereocenters. The van der Waals surface area contributed by atoms with Crippen LogP contribution in [0.2, 0.25) is 0 Å². The van der Waals surface area contributed by atoms with Crippen molar-refractivity contribution >= 4 is 11.4 Å². The molecule has 37 heavy (non-hydrogen) atoms. The number of amides is 1. The molecular formula is C21H14F5N9O2. The van der Waals surface area contributed by atoms with Crippen LogP contribution in [0.1, 0.15) is 45.9 Å². The lowest BCUT2D eigenvalue weighted by Gasteiger charge is -2.32. The highest BCUT2D eigenvalue weighted by molar-refractivity contribution is 5.90. The van der Waals surface area contributed by atoms with Crippen molar-refractivity contribution < 1.29 is 31.2 Å². The van der Waals surface area contributed by atoms with E-state index in [1.165, 1.54) is 29.6 Å². The second-order valence-corrected chi connectivity index (χ2v) is 8.14. The summed E-state index contributed by atoms with van der Waals surface area (Å²) in [6, 6.07) is 2.48. The second kappa shape index (κ2) is 8.21. The van der Waals surface area contributed by atoms with E-state index in [-0.39, 0.29) is 29.2 Å². The van der Waals surface area contributed by atoms with E-state index in [2.05, 4.69) is 30.4 Å². The van der Waals surface area contributed by atoms with Crippen molar-refractivity contribution in [1.29, 1.82) is 0 Å². The number of carbonyl (C=O) groups is 1. The van der Waals surface area contributed by atoms with Gasteiger partial charge in [-0.3, -0.25) is 4.79 Å². The lowest BCUT2D eigenvalue weighted by molar-refractivity contribution is -0.136. The number of carbonyl (C=O) groups excluding carboxylic acids is 1. The molecule has 0 radical (unpaired) electrons. The number of aromatic nitrogens is 8. The van der Waals surface area contributed by atoms with Crippen LogP contribution in [-0.2, 0) is 12.6 Å². The Balaban J connectivity index is 1.39. The van der Waals surface area contributed by atoms with Gasteiger partial charge in [-0.1, -0.05) is 0 Å². The summed E-state index contributed by atoms with van der Waals surface area (Å²) < 4.78 is 73.3. The molecule has 6 rings (SSSR count). The molecular weight excluding hydrogens is 505 g/mol. The topological polar surface area (TPSA) is 123 Å². The molecule has 0 aromatic carbocycles. The number of nitrogens with one attached hydrogen (secondary N) is 1. The highest BCUT2D eigenvalue weighted by atomic mass is 19.4. The van der Waals surface area contributed by atoms with E-state index in [9.17, 15) is 26.7 Å². The number of aromatic amines is 1. The maximum atomic E-state index is 13.6. The zero-order valence-electron chi connectivity index (χ0n) is 18.4. The quantitative estimate of drug-likeness (QED) is 0.361. The predicted octanol–water partition coefficient (Wildman–Crippen LogP) is 3.51. The van der Waals surface area contributed by atoms with Crippen molar-refractivity contribution in [3.05, 3.63) is 71.7 Å². The van der Waals surface area contributed by atoms with Gasteiger partial charge in [-0.05, 0) is 18.2 Å². The van der Waals surface area contributed by atoms with Crippen LogP contribution >= 0.6 is 0 Å². The zero-order chi connectivity index (χ0) is 25.9. The first-order chi connectivity index (χ1) is 17.7. The monoisotopic (exact) mass is 519 g/mol. The van der Waals surface area contributed by atoms with Crippen molar-refractivity contribution in [3.63, 3.8) is 0 Å². The summed E-state index contributed by atoms with van der Waals surface area (Å²) in [7, 11) is 0. The van der Waals surface area contributed by atoms with Gasteiger partial charge in [-0.2, -0.15) is 32.1 Å². The summed E-state index contributed by atoms with van der Waals surface area (Å²) in [4.78, 5) is 22.0. The molecule has 1 aliphatic heterocycles. The fraction of sp³-hybridized carbons (Fsp3) is 0.238. The maximum absolute atomic E-state index is 13.6. The minimum Gasteiger partial charge on any atom is -0.412 e. The largest absolute Gasteiger partial charge is 0.418 e. The van der Waals surface area contributed by atoms with Crippen LogP contribution in [0.4, 0.5) is 22.0 Å². The molecule has 0 fully saturated rings. The number of rotatable bonds is 4. The number of fused-ring (bicyclic) bond motifs is 2. The van der Waals surface area contributed by atoms with Gasteiger partial charge >= 0.3 is 24.5 Å². The van der Waals surface area contributed by atoms with E-state index in [1.807, 2.05) is 0 Å².